The predicted molar refractivity (Wildman–Crippen MR) is 128 cm³/mol. The Hall–Kier alpha value is -2.94. The normalized spacial score (nSPS) is 20.9. The van der Waals surface area contributed by atoms with Crippen LogP contribution < -0.4 is 0 Å². The summed E-state index contributed by atoms with van der Waals surface area (Å²) >= 11 is 0. The highest BCUT2D eigenvalue weighted by atomic mass is 19.4. The van der Waals surface area contributed by atoms with Crippen molar-refractivity contribution in [2.24, 2.45) is 5.92 Å². The van der Waals surface area contributed by atoms with E-state index in [4.69, 9.17) is 0 Å². The Balaban J connectivity index is 1.79. The van der Waals surface area contributed by atoms with Crippen LogP contribution in [0.1, 0.15) is 57.4 Å². The van der Waals surface area contributed by atoms with Gasteiger partial charge in [-0.25, -0.2) is 22.0 Å². The minimum Gasteiger partial charge on any atom is -0.285 e. The molecule has 0 spiro atoms. The quantitative estimate of drug-likeness (QED) is 0.223. The fourth-order valence-corrected chi connectivity index (χ4v) is 5.82. The molecule has 0 amide bonds. The Morgan fingerprint density at radius 1 is 0.868 bits per heavy atom. The Kier molecular flexibility index (Phi) is 7.89. The first-order valence-electron chi connectivity index (χ1n) is 12.4. The van der Waals surface area contributed by atoms with E-state index < -0.39 is 69.6 Å². The zero-order valence-corrected chi connectivity index (χ0v) is 20.7. The minimum atomic E-state index is -5.01. The SMILES string of the molecule is CCC1(OC(F)(F)F)CCCCC1C(C)c1c(F)c(F)c(-c2ccc(-c3ccccc3)cc2F)c(F)c1F. The molecule has 0 N–H and O–H groups in total. The molecule has 3 aromatic rings. The topological polar surface area (TPSA) is 9.23 Å². The van der Waals surface area contributed by atoms with Crippen LogP contribution in [0.15, 0.2) is 48.5 Å². The van der Waals surface area contributed by atoms with Crippen molar-refractivity contribution in [2.45, 2.75) is 63.8 Å². The maximum Gasteiger partial charge on any atom is 0.523 e. The largest absolute Gasteiger partial charge is 0.523 e. The van der Waals surface area contributed by atoms with Gasteiger partial charge in [-0.1, -0.05) is 69.2 Å². The number of hydrogen-bond acceptors (Lipinski definition) is 1. The summed E-state index contributed by atoms with van der Waals surface area (Å²) in [6.07, 6.45) is -4.17. The lowest BCUT2D eigenvalue weighted by Gasteiger charge is -2.46. The number of halogens is 8. The van der Waals surface area contributed by atoms with E-state index in [9.17, 15) is 17.6 Å². The molecule has 0 heterocycles. The molecule has 1 nitrogen and oxygen atoms in total. The summed E-state index contributed by atoms with van der Waals surface area (Å²) in [5, 5.41) is 0. The van der Waals surface area contributed by atoms with Crippen LogP contribution >= 0.6 is 0 Å². The van der Waals surface area contributed by atoms with Crippen LogP contribution in [-0.4, -0.2) is 12.0 Å². The van der Waals surface area contributed by atoms with Crippen LogP contribution in [0.5, 0.6) is 0 Å². The first-order valence-corrected chi connectivity index (χ1v) is 12.4. The molecule has 0 bridgehead atoms. The smallest absolute Gasteiger partial charge is 0.285 e. The van der Waals surface area contributed by atoms with E-state index in [1.165, 1.54) is 19.9 Å². The highest BCUT2D eigenvalue weighted by Crippen LogP contribution is 2.50. The van der Waals surface area contributed by atoms with Crippen LogP contribution in [-0.2, 0) is 4.74 Å². The predicted octanol–water partition coefficient (Wildman–Crippen LogP) is 9.69. The standard InChI is InChI=1S/C29H26F8O/c1-3-28(38-29(35,36)37)14-8-7-11-20(28)16(2)22-24(31)26(33)23(27(34)25(22)32)19-13-12-18(15-21(19)30)17-9-5-4-6-10-17/h4-6,9-10,12-13,15-16,20H,3,7-8,11,14H2,1-2H3. The highest BCUT2D eigenvalue weighted by Gasteiger charge is 2.51. The third kappa shape index (κ3) is 5.17. The molecule has 1 fully saturated rings. The van der Waals surface area contributed by atoms with Crippen molar-refractivity contribution >= 4 is 0 Å². The molecule has 1 saturated carbocycles. The summed E-state index contributed by atoms with van der Waals surface area (Å²) < 4.78 is 121. The molecule has 0 radical (unpaired) electrons. The Morgan fingerprint density at radius 2 is 1.50 bits per heavy atom. The number of alkyl halides is 3. The van der Waals surface area contributed by atoms with E-state index in [1.54, 1.807) is 30.3 Å². The summed E-state index contributed by atoms with van der Waals surface area (Å²) in [5.41, 5.74) is -3.71. The molecule has 3 atom stereocenters. The second-order valence-corrected chi connectivity index (χ2v) is 9.71. The molecular formula is C29H26F8O. The number of rotatable bonds is 6. The average molecular weight is 543 g/mol. The van der Waals surface area contributed by atoms with Gasteiger partial charge in [-0.3, -0.25) is 4.74 Å². The molecule has 0 saturated heterocycles. The van der Waals surface area contributed by atoms with Crippen molar-refractivity contribution in [3.8, 4) is 22.3 Å². The maximum atomic E-state index is 15.4. The third-order valence-corrected chi connectivity index (χ3v) is 7.66. The van der Waals surface area contributed by atoms with E-state index in [0.717, 1.165) is 12.1 Å². The summed E-state index contributed by atoms with van der Waals surface area (Å²) in [6.45, 7) is 2.70. The van der Waals surface area contributed by atoms with Crippen molar-refractivity contribution in [2.75, 3.05) is 0 Å². The van der Waals surface area contributed by atoms with Gasteiger partial charge in [-0.05, 0) is 48.3 Å². The monoisotopic (exact) mass is 542 g/mol. The molecule has 1 aliphatic carbocycles. The number of ether oxygens (including phenoxy) is 1. The fourth-order valence-electron chi connectivity index (χ4n) is 5.82. The van der Waals surface area contributed by atoms with E-state index in [-0.39, 0.29) is 19.3 Å². The van der Waals surface area contributed by atoms with Gasteiger partial charge in [0.05, 0.1) is 11.2 Å². The van der Waals surface area contributed by atoms with Crippen molar-refractivity contribution in [1.29, 1.82) is 0 Å². The van der Waals surface area contributed by atoms with Crippen molar-refractivity contribution < 1.29 is 39.9 Å². The van der Waals surface area contributed by atoms with Gasteiger partial charge < -0.3 is 0 Å². The highest BCUT2D eigenvalue weighted by molar-refractivity contribution is 5.72. The molecule has 0 aromatic heterocycles. The van der Waals surface area contributed by atoms with E-state index in [1.807, 2.05) is 0 Å². The van der Waals surface area contributed by atoms with Crippen LogP contribution in [0.3, 0.4) is 0 Å². The molecular weight excluding hydrogens is 516 g/mol. The second-order valence-electron chi connectivity index (χ2n) is 9.71. The fraction of sp³-hybridized carbons (Fsp3) is 0.379. The first-order chi connectivity index (χ1) is 17.9. The third-order valence-electron chi connectivity index (χ3n) is 7.66. The molecule has 3 unspecified atom stereocenters. The Morgan fingerprint density at radius 3 is 2.05 bits per heavy atom. The van der Waals surface area contributed by atoms with Gasteiger partial charge in [0, 0.05) is 11.1 Å². The Labute approximate surface area is 215 Å². The zero-order chi connectivity index (χ0) is 27.8. The van der Waals surface area contributed by atoms with Crippen LogP contribution in [0, 0.1) is 35.0 Å². The van der Waals surface area contributed by atoms with Crippen LogP contribution in [0.25, 0.3) is 22.3 Å². The zero-order valence-electron chi connectivity index (χ0n) is 20.7. The van der Waals surface area contributed by atoms with Crippen molar-refractivity contribution in [1.82, 2.24) is 0 Å². The van der Waals surface area contributed by atoms with Crippen molar-refractivity contribution in [3.63, 3.8) is 0 Å². The lowest BCUT2D eigenvalue weighted by molar-refractivity contribution is -0.380. The minimum absolute atomic E-state index is 0.0245. The molecule has 204 valence electrons. The van der Waals surface area contributed by atoms with Gasteiger partial charge in [0.1, 0.15) is 5.82 Å². The van der Waals surface area contributed by atoms with Gasteiger partial charge in [-0.15, -0.1) is 13.2 Å². The van der Waals surface area contributed by atoms with E-state index in [2.05, 4.69) is 4.74 Å². The number of benzene rings is 3. The van der Waals surface area contributed by atoms with Gasteiger partial charge >= 0.3 is 6.36 Å². The lowest BCUT2D eigenvalue weighted by Crippen LogP contribution is -2.48. The first kappa shape index (κ1) is 28.1. The van der Waals surface area contributed by atoms with Crippen LogP contribution in [0.2, 0.25) is 0 Å². The van der Waals surface area contributed by atoms with Crippen LogP contribution in [0.4, 0.5) is 35.1 Å². The van der Waals surface area contributed by atoms with Gasteiger partial charge in [0.25, 0.3) is 0 Å². The summed E-state index contributed by atoms with van der Waals surface area (Å²) in [7, 11) is 0. The van der Waals surface area contributed by atoms with Crippen molar-refractivity contribution in [3.05, 3.63) is 83.2 Å². The van der Waals surface area contributed by atoms with Gasteiger partial charge in [0.2, 0.25) is 0 Å². The molecule has 3 aromatic carbocycles. The summed E-state index contributed by atoms with van der Waals surface area (Å²) in [6, 6.07) is 12.0. The summed E-state index contributed by atoms with van der Waals surface area (Å²) in [4.78, 5) is 0. The lowest BCUT2D eigenvalue weighted by atomic mass is 9.66. The molecule has 9 heteroatoms. The van der Waals surface area contributed by atoms with Gasteiger partial charge in [0.15, 0.2) is 23.3 Å². The average Bonchev–Trinajstić information content (AvgIpc) is 2.88. The molecule has 38 heavy (non-hydrogen) atoms. The maximum absolute atomic E-state index is 15.4. The van der Waals surface area contributed by atoms with E-state index in [0.29, 0.717) is 24.0 Å². The summed E-state index contributed by atoms with van der Waals surface area (Å²) in [5.74, 6) is -10.7. The van der Waals surface area contributed by atoms with E-state index >= 15 is 17.6 Å². The molecule has 1 aliphatic rings. The Bertz CT molecular complexity index is 1280. The van der Waals surface area contributed by atoms with Gasteiger partial charge in [-0.2, -0.15) is 0 Å². The molecule has 0 aliphatic heterocycles. The second kappa shape index (κ2) is 10.7. The molecule has 4 rings (SSSR count). The number of hydrogen-bond donors (Lipinski definition) is 0.